The van der Waals surface area contributed by atoms with Gasteiger partial charge in [-0.15, -0.1) is 0 Å². The largest absolute Gasteiger partial charge is 0.240 e. The summed E-state index contributed by atoms with van der Waals surface area (Å²) >= 11 is 5.86. The third-order valence-corrected chi connectivity index (χ3v) is 5.48. The Hall–Kier alpha value is -0.610. The second kappa shape index (κ2) is 6.23. The molecule has 1 aliphatic carbocycles. The van der Waals surface area contributed by atoms with E-state index in [0.29, 0.717) is 22.5 Å². The van der Waals surface area contributed by atoms with Crippen molar-refractivity contribution in [2.75, 3.05) is 5.75 Å². The first-order valence-electron chi connectivity index (χ1n) is 6.78. The van der Waals surface area contributed by atoms with E-state index in [1.54, 1.807) is 12.1 Å². The third-order valence-electron chi connectivity index (χ3n) is 3.57. The van der Waals surface area contributed by atoms with Gasteiger partial charge in [0.05, 0.1) is 17.2 Å². The summed E-state index contributed by atoms with van der Waals surface area (Å²) in [6, 6.07) is 3.53. The van der Waals surface area contributed by atoms with Crippen LogP contribution in [0.3, 0.4) is 0 Å². The summed E-state index contributed by atoms with van der Waals surface area (Å²) < 4.78 is 24.4. The number of pyridine rings is 1. The topological polar surface area (TPSA) is 47.0 Å². The molecule has 0 N–H and O–H groups in total. The van der Waals surface area contributed by atoms with Gasteiger partial charge in [-0.2, -0.15) is 0 Å². The minimum atomic E-state index is -3.09. The third kappa shape index (κ3) is 4.77. The Kier molecular flexibility index (Phi) is 4.85. The van der Waals surface area contributed by atoms with Crippen molar-refractivity contribution in [3.63, 3.8) is 0 Å². The van der Waals surface area contributed by atoms with Crippen molar-refractivity contribution < 1.29 is 8.42 Å². The van der Waals surface area contributed by atoms with Crippen molar-refractivity contribution in [3.05, 3.63) is 28.5 Å². The van der Waals surface area contributed by atoms with Crippen LogP contribution in [0.2, 0.25) is 5.15 Å². The summed E-state index contributed by atoms with van der Waals surface area (Å²) in [5.41, 5.74) is 1.50. The van der Waals surface area contributed by atoms with E-state index in [9.17, 15) is 8.42 Å². The molecule has 1 saturated carbocycles. The lowest BCUT2D eigenvalue weighted by Gasteiger charge is -2.21. The summed E-state index contributed by atoms with van der Waals surface area (Å²) in [6.07, 6.45) is 5.65. The average molecular weight is 302 g/mol. The van der Waals surface area contributed by atoms with E-state index < -0.39 is 9.84 Å². The van der Waals surface area contributed by atoms with Gasteiger partial charge in [0.1, 0.15) is 5.15 Å². The van der Waals surface area contributed by atoms with Gasteiger partial charge in [-0.05, 0) is 43.4 Å². The Morgan fingerprint density at radius 2 is 1.95 bits per heavy atom. The van der Waals surface area contributed by atoms with Gasteiger partial charge in [-0.25, -0.2) is 13.4 Å². The summed E-state index contributed by atoms with van der Waals surface area (Å²) in [5, 5.41) is 0.364. The van der Waals surface area contributed by atoms with Crippen molar-refractivity contribution in [3.8, 4) is 0 Å². The second-order valence-corrected chi connectivity index (χ2v) is 8.01. The lowest BCUT2D eigenvalue weighted by Crippen LogP contribution is -2.20. The Morgan fingerprint density at radius 1 is 1.26 bits per heavy atom. The molecule has 1 aromatic heterocycles. The van der Waals surface area contributed by atoms with Crippen molar-refractivity contribution in [2.45, 2.75) is 44.8 Å². The number of nitrogens with zero attached hydrogens (tertiary/aromatic N) is 1. The number of rotatable bonds is 4. The average Bonchev–Trinajstić information content (AvgIpc) is 2.27. The molecule has 5 heteroatoms. The minimum Gasteiger partial charge on any atom is -0.240 e. The predicted octanol–water partition coefficient (Wildman–Crippen LogP) is 3.54. The Balaban J connectivity index is 2.03. The number of sulfone groups is 1. The summed E-state index contributed by atoms with van der Waals surface area (Å²) in [7, 11) is -3.09. The fraction of sp³-hybridized carbons (Fsp3) is 0.643. The maximum absolute atomic E-state index is 12.2. The molecule has 0 bridgehead atoms. The Bertz CT molecular complexity index is 516. The lowest BCUT2D eigenvalue weighted by atomic mass is 9.91. The van der Waals surface area contributed by atoms with Gasteiger partial charge in [0.15, 0.2) is 9.84 Å². The lowest BCUT2D eigenvalue weighted by molar-refractivity contribution is 0.385. The van der Waals surface area contributed by atoms with Gasteiger partial charge < -0.3 is 0 Å². The molecular formula is C14H20ClNO2S. The smallest absolute Gasteiger partial charge is 0.156 e. The first-order valence-corrected chi connectivity index (χ1v) is 8.98. The minimum absolute atomic E-state index is 0.00486. The summed E-state index contributed by atoms with van der Waals surface area (Å²) in [5.74, 6) is 0.629. The van der Waals surface area contributed by atoms with Gasteiger partial charge in [-0.3, -0.25) is 0 Å². The van der Waals surface area contributed by atoms with Crippen LogP contribution in [0.1, 0.15) is 43.4 Å². The molecule has 1 aromatic rings. The Morgan fingerprint density at radius 3 is 2.58 bits per heavy atom. The Labute approximate surface area is 120 Å². The highest BCUT2D eigenvalue weighted by molar-refractivity contribution is 7.90. The van der Waals surface area contributed by atoms with Crippen molar-refractivity contribution in [2.24, 2.45) is 5.92 Å². The molecular weight excluding hydrogens is 282 g/mol. The standard InChI is InChI=1S/C14H20ClNO2S/c1-11-7-13(16-14(15)8-11)10-19(17,18)9-12-5-3-2-4-6-12/h7-8,12H,2-6,9-10H2,1H3. The molecule has 0 spiro atoms. The highest BCUT2D eigenvalue weighted by Crippen LogP contribution is 2.25. The number of aromatic nitrogens is 1. The van der Waals surface area contributed by atoms with Crippen molar-refractivity contribution in [1.29, 1.82) is 0 Å². The number of aryl methyl sites for hydroxylation is 1. The van der Waals surface area contributed by atoms with Crippen LogP contribution in [0.25, 0.3) is 0 Å². The van der Waals surface area contributed by atoms with Crippen LogP contribution >= 0.6 is 11.6 Å². The van der Waals surface area contributed by atoms with Crippen LogP contribution in [-0.4, -0.2) is 19.2 Å². The zero-order valence-corrected chi connectivity index (χ0v) is 12.8. The SMILES string of the molecule is Cc1cc(Cl)nc(CS(=O)(=O)CC2CCCCC2)c1. The van der Waals surface area contributed by atoms with Crippen LogP contribution in [0.15, 0.2) is 12.1 Å². The van der Waals surface area contributed by atoms with E-state index >= 15 is 0 Å². The number of hydrogen-bond acceptors (Lipinski definition) is 3. The van der Waals surface area contributed by atoms with Crippen molar-refractivity contribution in [1.82, 2.24) is 4.98 Å². The molecule has 1 heterocycles. The molecule has 19 heavy (non-hydrogen) atoms. The maximum atomic E-state index is 12.2. The van der Waals surface area contributed by atoms with Gasteiger partial charge in [-0.1, -0.05) is 30.9 Å². The normalized spacial score (nSPS) is 17.6. The van der Waals surface area contributed by atoms with Crippen LogP contribution < -0.4 is 0 Å². The van der Waals surface area contributed by atoms with Crippen LogP contribution in [-0.2, 0) is 15.6 Å². The molecule has 0 atom stereocenters. The highest BCUT2D eigenvalue weighted by atomic mass is 35.5. The van der Waals surface area contributed by atoms with E-state index in [4.69, 9.17) is 11.6 Å². The molecule has 0 aromatic carbocycles. The first-order chi connectivity index (χ1) is 8.94. The molecule has 0 amide bonds. The maximum Gasteiger partial charge on any atom is 0.156 e. The molecule has 3 nitrogen and oxygen atoms in total. The zero-order valence-electron chi connectivity index (χ0n) is 11.2. The molecule has 0 aliphatic heterocycles. The van der Waals surface area contributed by atoms with Gasteiger partial charge in [0.25, 0.3) is 0 Å². The quantitative estimate of drug-likeness (QED) is 0.799. The molecule has 1 aliphatic rings. The summed E-state index contributed by atoms with van der Waals surface area (Å²) in [6.45, 7) is 1.89. The number of hydrogen-bond donors (Lipinski definition) is 0. The fourth-order valence-electron chi connectivity index (χ4n) is 2.77. The number of halogens is 1. The monoisotopic (exact) mass is 301 g/mol. The molecule has 2 rings (SSSR count). The summed E-state index contributed by atoms with van der Waals surface area (Å²) in [4.78, 5) is 4.10. The second-order valence-electron chi connectivity index (χ2n) is 5.52. The van der Waals surface area contributed by atoms with E-state index in [2.05, 4.69) is 4.98 Å². The van der Waals surface area contributed by atoms with Gasteiger partial charge in [0.2, 0.25) is 0 Å². The van der Waals surface area contributed by atoms with E-state index in [1.807, 2.05) is 6.92 Å². The predicted molar refractivity (Wildman–Crippen MR) is 78.0 cm³/mol. The van der Waals surface area contributed by atoms with Crippen LogP contribution in [0.5, 0.6) is 0 Å². The van der Waals surface area contributed by atoms with E-state index in [1.165, 1.54) is 6.42 Å². The van der Waals surface area contributed by atoms with Crippen LogP contribution in [0, 0.1) is 12.8 Å². The van der Waals surface area contributed by atoms with Crippen molar-refractivity contribution >= 4 is 21.4 Å². The highest BCUT2D eigenvalue weighted by Gasteiger charge is 2.22. The van der Waals surface area contributed by atoms with E-state index in [-0.39, 0.29) is 5.75 Å². The molecule has 0 radical (unpaired) electrons. The molecule has 0 saturated heterocycles. The molecule has 106 valence electrons. The zero-order chi connectivity index (χ0) is 13.9. The van der Waals surface area contributed by atoms with Gasteiger partial charge >= 0.3 is 0 Å². The van der Waals surface area contributed by atoms with Crippen LogP contribution in [0.4, 0.5) is 0 Å². The molecule has 0 unspecified atom stereocenters. The molecule has 1 fully saturated rings. The van der Waals surface area contributed by atoms with E-state index in [0.717, 1.165) is 31.2 Å². The first kappa shape index (κ1) is 14.8. The van der Waals surface area contributed by atoms with Gasteiger partial charge in [0, 0.05) is 0 Å². The fourth-order valence-corrected chi connectivity index (χ4v) is 4.81.